The molecule has 0 aromatic carbocycles. The van der Waals surface area contributed by atoms with Crippen molar-refractivity contribution in [1.29, 1.82) is 0 Å². The van der Waals surface area contributed by atoms with Gasteiger partial charge in [-0.05, 0) is 20.3 Å². The molecule has 0 aliphatic carbocycles. The lowest BCUT2D eigenvalue weighted by molar-refractivity contribution is -0.144. The minimum absolute atomic E-state index is 0.470. The van der Waals surface area contributed by atoms with E-state index in [1.807, 2.05) is 24.6 Å². The molecule has 0 radical (unpaired) electrons. The maximum Gasteiger partial charge on any atom is 0.323 e. The molecule has 1 aromatic rings. The first kappa shape index (κ1) is 12.7. The summed E-state index contributed by atoms with van der Waals surface area (Å²) in [5.74, 6) is 0.0352. The van der Waals surface area contributed by atoms with Crippen molar-refractivity contribution >= 4 is 5.97 Å². The number of carbonyl (C=O) groups is 1. The fourth-order valence-corrected chi connectivity index (χ4v) is 1.42. The van der Waals surface area contributed by atoms with Gasteiger partial charge in [-0.2, -0.15) is 0 Å². The standard InChI is InChI=1S/C11H19N3O2/c1-4-11(3,10(15)16)13-8-9-12-6-7-14(9)5-2/h6-7,13H,4-5,8H2,1-3H3,(H,15,16). The molecule has 0 amide bonds. The molecule has 1 unspecified atom stereocenters. The van der Waals surface area contributed by atoms with Gasteiger partial charge in [-0.25, -0.2) is 4.98 Å². The van der Waals surface area contributed by atoms with Gasteiger partial charge < -0.3 is 9.67 Å². The highest BCUT2D eigenvalue weighted by molar-refractivity contribution is 5.78. The lowest BCUT2D eigenvalue weighted by Gasteiger charge is -2.24. The SMILES string of the molecule is CCn1ccnc1CNC(C)(CC)C(=O)O. The first-order valence-electron chi connectivity index (χ1n) is 5.52. The van der Waals surface area contributed by atoms with Crippen LogP contribution in [-0.4, -0.2) is 26.2 Å². The summed E-state index contributed by atoms with van der Waals surface area (Å²) in [7, 11) is 0. The molecular weight excluding hydrogens is 206 g/mol. The lowest BCUT2D eigenvalue weighted by atomic mass is 9.99. The first-order chi connectivity index (χ1) is 7.53. The quantitative estimate of drug-likeness (QED) is 0.764. The Bertz CT molecular complexity index is 362. The Kier molecular flexibility index (Phi) is 4.06. The topological polar surface area (TPSA) is 67.2 Å². The normalized spacial score (nSPS) is 14.7. The second-order valence-corrected chi connectivity index (χ2v) is 3.97. The molecule has 1 atom stereocenters. The van der Waals surface area contributed by atoms with E-state index in [9.17, 15) is 4.79 Å². The van der Waals surface area contributed by atoms with Crippen LogP contribution in [0.5, 0.6) is 0 Å². The predicted molar refractivity (Wildman–Crippen MR) is 61.1 cm³/mol. The molecule has 1 aromatic heterocycles. The second kappa shape index (κ2) is 5.12. The van der Waals surface area contributed by atoms with Crippen LogP contribution in [0.25, 0.3) is 0 Å². The van der Waals surface area contributed by atoms with Crippen LogP contribution in [0.3, 0.4) is 0 Å². The smallest absolute Gasteiger partial charge is 0.323 e. The highest BCUT2D eigenvalue weighted by Gasteiger charge is 2.30. The van der Waals surface area contributed by atoms with E-state index in [-0.39, 0.29) is 0 Å². The van der Waals surface area contributed by atoms with Gasteiger partial charge in [0.05, 0.1) is 6.54 Å². The van der Waals surface area contributed by atoms with Crippen molar-refractivity contribution in [3.05, 3.63) is 18.2 Å². The zero-order chi connectivity index (χ0) is 12.2. The minimum Gasteiger partial charge on any atom is -0.480 e. The summed E-state index contributed by atoms with van der Waals surface area (Å²) in [6.07, 6.45) is 4.15. The number of carboxylic acids is 1. The Morgan fingerprint density at radius 2 is 2.31 bits per heavy atom. The third-order valence-electron chi connectivity index (χ3n) is 2.96. The average molecular weight is 225 g/mol. The van der Waals surface area contributed by atoms with Gasteiger partial charge in [0.2, 0.25) is 0 Å². The van der Waals surface area contributed by atoms with E-state index in [2.05, 4.69) is 10.3 Å². The molecule has 0 aliphatic heterocycles. The van der Waals surface area contributed by atoms with Crippen LogP contribution in [0.2, 0.25) is 0 Å². The molecule has 0 bridgehead atoms. The molecule has 0 aliphatic rings. The summed E-state index contributed by atoms with van der Waals surface area (Å²) < 4.78 is 1.99. The molecule has 2 N–H and O–H groups in total. The van der Waals surface area contributed by atoms with Gasteiger partial charge in [0.15, 0.2) is 0 Å². The Hall–Kier alpha value is -1.36. The molecule has 0 fully saturated rings. The molecule has 0 spiro atoms. The summed E-state index contributed by atoms with van der Waals surface area (Å²) >= 11 is 0. The van der Waals surface area contributed by atoms with Crippen LogP contribution in [0.1, 0.15) is 33.0 Å². The van der Waals surface area contributed by atoms with E-state index in [1.165, 1.54) is 0 Å². The van der Waals surface area contributed by atoms with Crippen LogP contribution in [-0.2, 0) is 17.9 Å². The first-order valence-corrected chi connectivity index (χ1v) is 5.52. The maximum absolute atomic E-state index is 11.1. The van der Waals surface area contributed by atoms with E-state index in [0.29, 0.717) is 13.0 Å². The zero-order valence-electron chi connectivity index (χ0n) is 10.0. The number of aliphatic carboxylic acids is 1. The number of aryl methyl sites for hydroxylation is 1. The number of hydrogen-bond acceptors (Lipinski definition) is 3. The minimum atomic E-state index is -0.884. The van der Waals surface area contributed by atoms with E-state index in [0.717, 1.165) is 12.4 Å². The van der Waals surface area contributed by atoms with Crippen LogP contribution in [0.15, 0.2) is 12.4 Å². The van der Waals surface area contributed by atoms with Gasteiger partial charge in [-0.1, -0.05) is 6.92 Å². The number of aromatic nitrogens is 2. The fourth-order valence-electron chi connectivity index (χ4n) is 1.42. The summed E-state index contributed by atoms with van der Waals surface area (Å²) in [6, 6.07) is 0. The Labute approximate surface area is 95.5 Å². The van der Waals surface area contributed by atoms with Gasteiger partial charge >= 0.3 is 5.97 Å². The highest BCUT2D eigenvalue weighted by atomic mass is 16.4. The number of nitrogens with one attached hydrogen (secondary N) is 1. The van der Waals surface area contributed by atoms with Crippen molar-refractivity contribution in [3.8, 4) is 0 Å². The molecule has 16 heavy (non-hydrogen) atoms. The molecular formula is C11H19N3O2. The third-order valence-corrected chi connectivity index (χ3v) is 2.96. The van der Waals surface area contributed by atoms with Crippen molar-refractivity contribution in [2.75, 3.05) is 0 Å². The number of hydrogen-bond donors (Lipinski definition) is 2. The predicted octanol–water partition coefficient (Wildman–Crippen LogP) is 1.25. The van der Waals surface area contributed by atoms with Gasteiger partial charge in [0.25, 0.3) is 0 Å². The molecule has 1 rings (SSSR count). The molecule has 90 valence electrons. The Morgan fingerprint density at radius 1 is 1.62 bits per heavy atom. The van der Waals surface area contributed by atoms with Gasteiger partial charge in [-0.3, -0.25) is 10.1 Å². The third kappa shape index (κ3) is 2.61. The zero-order valence-corrected chi connectivity index (χ0v) is 10.0. The summed E-state index contributed by atoms with van der Waals surface area (Å²) in [5.41, 5.74) is -0.884. The monoisotopic (exact) mass is 225 g/mol. The number of nitrogens with zero attached hydrogens (tertiary/aromatic N) is 2. The van der Waals surface area contributed by atoms with Crippen molar-refractivity contribution < 1.29 is 9.90 Å². The van der Waals surface area contributed by atoms with E-state index in [1.54, 1.807) is 13.1 Å². The summed E-state index contributed by atoms with van der Waals surface area (Å²) in [4.78, 5) is 15.3. The van der Waals surface area contributed by atoms with Crippen LogP contribution in [0, 0.1) is 0 Å². The lowest BCUT2D eigenvalue weighted by Crippen LogP contribution is -2.48. The van der Waals surface area contributed by atoms with E-state index in [4.69, 9.17) is 5.11 Å². The average Bonchev–Trinajstić information content (AvgIpc) is 2.72. The molecule has 5 nitrogen and oxygen atoms in total. The molecule has 0 saturated carbocycles. The number of imidazole rings is 1. The maximum atomic E-state index is 11.1. The Morgan fingerprint density at radius 3 is 2.81 bits per heavy atom. The summed E-state index contributed by atoms with van der Waals surface area (Å²) in [6.45, 7) is 6.88. The van der Waals surface area contributed by atoms with Crippen molar-refractivity contribution in [1.82, 2.24) is 14.9 Å². The van der Waals surface area contributed by atoms with Crippen molar-refractivity contribution in [3.63, 3.8) is 0 Å². The number of rotatable bonds is 6. The van der Waals surface area contributed by atoms with Gasteiger partial charge in [0.1, 0.15) is 11.4 Å². The number of carboxylic acid groups (broad SMARTS) is 1. The second-order valence-electron chi connectivity index (χ2n) is 3.97. The van der Waals surface area contributed by atoms with Crippen LogP contribution in [0.4, 0.5) is 0 Å². The van der Waals surface area contributed by atoms with Crippen LogP contribution < -0.4 is 5.32 Å². The van der Waals surface area contributed by atoms with Gasteiger partial charge in [0, 0.05) is 18.9 Å². The molecule has 0 saturated heterocycles. The van der Waals surface area contributed by atoms with Crippen molar-refractivity contribution in [2.45, 2.75) is 45.8 Å². The van der Waals surface area contributed by atoms with E-state index >= 15 is 0 Å². The Balaban J connectivity index is 2.66. The van der Waals surface area contributed by atoms with E-state index < -0.39 is 11.5 Å². The van der Waals surface area contributed by atoms with Crippen molar-refractivity contribution in [2.24, 2.45) is 0 Å². The largest absolute Gasteiger partial charge is 0.480 e. The fraction of sp³-hybridized carbons (Fsp3) is 0.636. The highest BCUT2D eigenvalue weighted by Crippen LogP contribution is 2.10. The van der Waals surface area contributed by atoms with Crippen LogP contribution >= 0.6 is 0 Å². The molecule has 5 heteroatoms. The van der Waals surface area contributed by atoms with Gasteiger partial charge in [-0.15, -0.1) is 0 Å². The summed E-state index contributed by atoms with van der Waals surface area (Å²) in [5, 5.41) is 12.1. The molecule has 1 heterocycles.